The summed E-state index contributed by atoms with van der Waals surface area (Å²) in [6, 6.07) is 0. The van der Waals surface area contributed by atoms with Gasteiger partial charge in [-0.3, -0.25) is 4.79 Å². The van der Waals surface area contributed by atoms with Crippen molar-refractivity contribution in [3.63, 3.8) is 0 Å². The Bertz CT molecular complexity index is 247. The number of alkyl halides is 1. The highest BCUT2D eigenvalue weighted by atomic mass is 79.9. The van der Waals surface area contributed by atoms with Crippen LogP contribution >= 0.6 is 15.9 Å². The molecule has 0 aromatic carbocycles. The van der Waals surface area contributed by atoms with Crippen LogP contribution < -0.4 is 5.32 Å². The van der Waals surface area contributed by atoms with Crippen LogP contribution in [-0.2, 0) is 4.79 Å². The summed E-state index contributed by atoms with van der Waals surface area (Å²) >= 11 is 3.37. The molecular formula is C13H24BrNO. The van der Waals surface area contributed by atoms with Gasteiger partial charge in [0.15, 0.2) is 0 Å². The summed E-state index contributed by atoms with van der Waals surface area (Å²) in [7, 11) is 0. The van der Waals surface area contributed by atoms with E-state index >= 15 is 0 Å². The molecule has 1 fully saturated rings. The summed E-state index contributed by atoms with van der Waals surface area (Å²) in [6.07, 6.45) is 2.72. The summed E-state index contributed by atoms with van der Waals surface area (Å²) in [4.78, 5) is 11.5. The van der Waals surface area contributed by atoms with Crippen LogP contribution in [0.4, 0.5) is 0 Å². The minimum absolute atomic E-state index is 0.208. The average Bonchev–Trinajstić information content (AvgIpc) is 2.55. The number of carbonyl (C=O) groups is 1. The number of hydrogen-bond acceptors (Lipinski definition) is 1. The van der Waals surface area contributed by atoms with Crippen molar-refractivity contribution in [2.75, 3.05) is 11.9 Å². The van der Waals surface area contributed by atoms with Crippen LogP contribution in [0.5, 0.6) is 0 Å². The third-order valence-corrected chi connectivity index (χ3v) is 5.17. The van der Waals surface area contributed by atoms with Crippen molar-refractivity contribution < 1.29 is 4.79 Å². The molecule has 0 atom stereocenters. The molecule has 3 heteroatoms. The van der Waals surface area contributed by atoms with Gasteiger partial charge in [-0.25, -0.2) is 0 Å². The summed E-state index contributed by atoms with van der Waals surface area (Å²) in [6.45, 7) is 9.99. The first-order valence-electron chi connectivity index (χ1n) is 6.16. The Labute approximate surface area is 108 Å². The van der Waals surface area contributed by atoms with Crippen LogP contribution in [0.15, 0.2) is 0 Å². The standard InChI is InChI=1S/C13H24BrNO/c1-12(2)10(13(12,3)4)9-15-11(16)7-5-6-8-14/h10H,5-9H2,1-4H3,(H,15,16). The van der Waals surface area contributed by atoms with Gasteiger partial charge in [0.25, 0.3) is 0 Å². The zero-order valence-corrected chi connectivity index (χ0v) is 12.5. The number of nitrogens with one attached hydrogen (secondary N) is 1. The second-order valence-electron chi connectivity index (χ2n) is 5.95. The van der Waals surface area contributed by atoms with Crippen LogP contribution in [0.2, 0.25) is 0 Å². The van der Waals surface area contributed by atoms with Gasteiger partial charge in [0, 0.05) is 18.3 Å². The normalized spacial score (nSPS) is 21.8. The van der Waals surface area contributed by atoms with Crippen molar-refractivity contribution in [1.82, 2.24) is 5.32 Å². The molecule has 0 aromatic rings. The molecule has 0 bridgehead atoms. The molecule has 0 radical (unpaired) electrons. The zero-order chi connectivity index (χ0) is 12.4. The van der Waals surface area contributed by atoms with Crippen molar-refractivity contribution in [2.24, 2.45) is 16.7 Å². The van der Waals surface area contributed by atoms with E-state index in [1.807, 2.05) is 0 Å². The summed E-state index contributed by atoms with van der Waals surface area (Å²) in [5.74, 6) is 0.833. The van der Waals surface area contributed by atoms with E-state index in [2.05, 4.69) is 48.9 Å². The largest absolute Gasteiger partial charge is 0.356 e. The molecule has 0 saturated heterocycles. The SMILES string of the molecule is CC1(C)C(CNC(=O)CCCCBr)C1(C)C. The maximum Gasteiger partial charge on any atom is 0.220 e. The third-order valence-electron chi connectivity index (χ3n) is 4.61. The third kappa shape index (κ3) is 2.79. The fraction of sp³-hybridized carbons (Fsp3) is 0.923. The van der Waals surface area contributed by atoms with Crippen molar-refractivity contribution in [1.29, 1.82) is 0 Å². The lowest BCUT2D eigenvalue weighted by Crippen LogP contribution is -2.26. The van der Waals surface area contributed by atoms with E-state index in [0.29, 0.717) is 23.2 Å². The Hall–Kier alpha value is -0.0500. The number of rotatable bonds is 6. The molecule has 1 N–H and O–H groups in total. The van der Waals surface area contributed by atoms with Gasteiger partial charge in [-0.2, -0.15) is 0 Å². The van der Waals surface area contributed by atoms with E-state index in [4.69, 9.17) is 0 Å². The molecule has 0 heterocycles. The number of hydrogen-bond donors (Lipinski definition) is 1. The van der Waals surface area contributed by atoms with Crippen LogP contribution in [-0.4, -0.2) is 17.8 Å². The molecule has 2 nitrogen and oxygen atoms in total. The van der Waals surface area contributed by atoms with Crippen LogP contribution in [0.1, 0.15) is 47.0 Å². The van der Waals surface area contributed by atoms with Crippen molar-refractivity contribution >= 4 is 21.8 Å². The average molecular weight is 290 g/mol. The predicted octanol–water partition coefficient (Wildman–Crippen LogP) is 3.35. The van der Waals surface area contributed by atoms with Gasteiger partial charge in [-0.15, -0.1) is 0 Å². The summed E-state index contributed by atoms with van der Waals surface area (Å²) in [5, 5.41) is 4.05. The van der Waals surface area contributed by atoms with Gasteiger partial charge >= 0.3 is 0 Å². The highest BCUT2D eigenvalue weighted by molar-refractivity contribution is 9.09. The quantitative estimate of drug-likeness (QED) is 0.590. The molecule has 1 rings (SSSR count). The Morgan fingerprint density at radius 3 is 2.19 bits per heavy atom. The van der Waals surface area contributed by atoms with E-state index in [-0.39, 0.29) is 5.91 Å². The lowest BCUT2D eigenvalue weighted by molar-refractivity contribution is -0.121. The lowest BCUT2D eigenvalue weighted by Gasteiger charge is -2.05. The zero-order valence-electron chi connectivity index (χ0n) is 10.9. The number of amides is 1. The monoisotopic (exact) mass is 289 g/mol. The molecule has 1 aliphatic rings. The van der Waals surface area contributed by atoms with Crippen LogP contribution in [0.25, 0.3) is 0 Å². The van der Waals surface area contributed by atoms with Gasteiger partial charge in [0.05, 0.1) is 0 Å². The van der Waals surface area contributed by atoms with Crippen LogP contribution in [0, 0.1) is 16.7 Å². The molecule has 1 aliphatic carbocycles. The Morgan fingerprint density at radius 2 is 1.75 bits per heavy atom. The molecule has 0 aromatic heterocycles. The Balaban J connectivity index is 2.19. The highest BCUT2D eigenvalue weighted by Gasteiger charge is 2.64. The Morgan fingerprint density at radius 1 is 1.19 bits per heavy atom. The van der Waals surface area contributed by atoms with E-state index < -0.39 is 0 Å². The first-order chi connectivity index (χ1) is 7.34. The lowest BCUT2D eigenvalue weighted by atomic mass is 10.0. The number of carbonyl (C=O) groups excluding carboxylic acids is 1. The molecular weight excluding hydrogens is 266 g/mol. The smallest absolute Gasteiger partial charge is 0.220 e. The Kier molecular flexibility index (Phi) is 4.44. The minimum Gasteiger partial charge on any atom is -0.356 e. The van der Waals surface area contributed by atoms with Crippen molar-refractivity contribution in [2.45, 2.75) is 47.0 Å². The van der Waals surface area contributed by atoms with Gasteiger partial charge in [0.1, 0.15) is 0 Å². The molecule has 0 spiro atoms. The number of halogens is 1. The topological polar surface area (TPSA) is 29.1 Å². The molecule has 1 amide bonds. The van der Waals surface area contributed by atoms with E-state index in [9.17, 15) is 4.79 Å². The maximum absolute atomic E-state index is 11.5. The summed E-state index contributed by atoms with van der Waals surface area (Å²) < 4.78 is 0. The molecule has 16 heavy (non-hydrogen) atoms. The van der Waals surface area contributed by atoms with E-state index in [1.54, 1.807) is 0 Å². The molecule has 0 unspecified atom stereocenters. The van der Waals surface area contributed by atoms with Crippen LogP contribution in [0.3, 0.4) is 0 Å². The first-order valence-corrected chi connectivity index (χ1v) is 7.29. The van der Waals surface area contributed by atoms with Gasteiger partial charge in [-0.05, 0) is 29.6 Å². The van der Waals surface area contributed by atoms with Crippen molar-refractivity contribution in [3.05, 3.63) is 0 Å². The fourth-order valence-corrected chi connectivity index (χ4v) is 2.92. The predicted molar refractivity (Wildman–Crippen MR) is 71.7 cm³/mol. The molecule has 1 saturated carbocycles. The van der Waals surface area contributed by atoms with E-state index in [0.717, 1.165) is 24.7 Å². The highest BCUT2D eigenvalue weighted by Crippen LogP contribution is 2.67. The van der Waals surface area contributed by atoms with E-state index in [1.165, 1.54) is 0 Å². The summed E-state index contributed by atoms with van der Waals surface area (Å²) in [5.41, 5.74) is 0.742. The second-order valence-corrected chi connectivity index (χ2v) is 6.74. The fourth-order valence-electron chi connectivity index (χ4n) is 2.53. The molecule has 94 valence electrons. The van der Waals surface area contributed by atoms with Crippen molar-refractivity contribution in [3.8, 4) is 0 Å². The first kappa shape index (κ1) is 14.0. The molecule has 0 aliphatic heterocycles. The van der Waals surface area contributed by atoms with Gasteiger partial charge < -0.3 is 5.32 Å². The van der Waals surface area contributed by atoms with Gasteiger partial charge in [-0.1, -0.05) is 43.6 Å². The second kappa shape index (κ2) is 5.07. The minimum atomic E-state index is 0.208. The van der Waals surface area contributed by atoms with Gasteiger partial charge in [0.2, 0.25) is 5.91 Å². The number of unbranched alkanes of at least 4 members (excludes halogenated alkanes) is 1. The maximum atomic E-state index is 11.5.